The van der Waals surface area contributed by atoms with Gasteiger partial charge in [0.25, 0.3) is 5.69 Å². The molecule has 0 heterocycles. The molecule has 0 aliphatic carbocycles. The van der Waals surface area contributed by atoms with Crippen LogP contribution < -0.4 is 5.32 Å². The van der Waals surface area contributed by atoms with E-state index in [1.54, 1.807) is 13.0 Å². The van der Waals surface area contributed by atoms with E-state index in [1.165, 1.54) is 30.3 Å². The molecule has 0 aliphatic rings. The lowest BCUT2D eigenvalue weighted by atomic mass is 10.1. The molecule has 2 aromatic carbocycles. The minimum Gasteiger partial charge on any atom is -0.377 e. The van der Waals surface area contributed by atoms with Gasteiger partial charge in [0.15, 0.2) is 0 Å². The molecule has 0 amide bonds. The third kappa shape index (κ3) is 3.62. The van der Waals surface area contributed by atoms with E-state index >= 15 is 0 Å². The first-order valence-electron chi connectivity index (χ1n) is 6.04. The van der Waals surface area contributed by atoms with Gasteiger partial charge in [0.2, 0.25) is 0 Å². The normalized spacial score (nSPS) is 12.0. The number of anilines is 1. The van der Waals surface area contributed by atoms with Gasteiger partial charge >= 0.3 is 0 Å². The Morgan fingerprint density at radius 3 is 2.52 bits per heavy atom. The Labute approximate surface area is 130 Å². The van der Waals surface area contributed by atoms with Gasteiger partial charge in [-0.05, 0) is 30.7 Å². The van der Waals surface area contributed by atoms with Gasteiger partial charge in [0.05, 0.1) is 21.7 Å². The number of non-ortho nitro benzene ring substituents is 1. The average molecular weight is 329 g/mol. The van der Waals surface area contributed by atoms with Gasteiger partial charge < -0.3 is 5.32 Å². The van der Waals surface area contributed by atoms with Gasteiger partial charge in [-0.25, -0.2) is 4.39 Å². The highest BCUT2D eigenvalue weighted by Crippen LogP contribution is 2.32. The van der Waals surface area contributed by atoms with E-state index in [9.17, 15) is 14.5 Å². The molecule has 7 heteroatoms. The van der Waals surface area contributed by atoms with Crippen LogP contribution in [-0.4, -0.2) is 4.92 Å². The van der Waals surface area contributed by atoms with Crippen molar-refractivity contribution in [2.45, 2.75) is 13.0 Å². The van der Waals surface area contributed by atoms with Gasteiger partial charge in [-0.1, -0.05) is 29.3 Å². The monoisotopic (exact) mass is 328 g/mol. The van der Waals surface area contributed by atoms with Crippen molar-refractivity contribution in [3.63, 3.8) is 0 Å². The molecule has 2 aromatic rings. The number of nitro groups is 1. The average Bonchev–Trinajstić information content (AvgIpc) is 2.40. The largest absolute Gasteiger partial charge is 0.377 e. The van der Waals surface area contributed by atoms with Crippen LogP contribution in [0.5, 0.6) is 0 Å². The number of hydrogen-bond donors (Lipinski definition) is 1. The molecular weight excluding hydrogens is 318 g/mol. The minimum atomic E-state index is -0.503. The highest BCUT2D eigenvalue weighted by Gasteiger charge is 2.14. The van der Waals surface area contributed by atoms with E-state index in [0.29, 0.717) is 16.3 Å². The van der Waals surface area contributed by atoms with Crippen LogP contribution in [0.2, 0.25) is 10.0 Å². The standard InChI is InChI=1S/C14H11Cl2FN2O2/c1-8(11-4-2-9(17)6-13(11)16)18-14-7-10(19(20)21)3-5-12(14)15/h2-8,18H,1H3. The SMILES string of the molecule is CC(Nc1cc([N+](=O)[O-])ccc1Cl)c1ccc(F)cc1Cl. The molecule has 0 saturated heterocycles. The maximum absolute atomic E-state index is 13.0. The van der Waals surface area contributed by atoms with Gasteiger partial charge in [-0.15, -0.1) is 0 Å². The summed E-state index contributed by atoms with van der Waals surface area (Å²) >= 11 is 12.0. The summed E-state index contributed by atoms with van der Waals surface area (Å²) in [5, 5.41) is 14.4. The molecule has 0 radical (unpaired) electrons. The molecule has 0 saturated carbocycles. The number of hydrogen-bond acceptors (Lipinski definition) is 3. The Morgan fingerprint density at radius 2 is 1.90 bits per heavy atom. The van der Waals surface area contributed by atoms with Crippen molar-refractivity contribution in [2.75, 3.05) is 5.32 Å². The first-order chi connectivity index (χ1) is 9.88. The first-order valence-corrected chi connectivity index (χ1v) is 6.79. The molecule has 4 nitrogen and oxygen atoms in total. The third-order valence-electron chi connectivity index (χ3n) is 2.96. The number of benzene rings is 2. The Kier molecular flexibility index (Phi) is 4.65. The van der Waals surface area contributed by atoms with Gasteiger partial charge in [-0.3, -0.25) is 10.1 Å². The van der Waals surface area contributed by atoms with Crippen molar-refractivity contribution in [2.24, 2.45) is 0 Å². The van der Waals surface area contributed by atoms with Crippen molar-refractivity contribution in [1.82, 2.24) is 0 Å². The zero-order valence-corrected chi connectivity index (χ0v) is 12.5. The zero-order valence-electron chi connectivity index (χ0n) is 10.9. The number of rotatable bonds is 4. The van der Waals surface area contributed by atoms with Crippen molar-refractivity contribution >= 4 is 34.6 Å². The Balaban J connectivity index is 2.28. The third-order valence-corrected chi connectivity index (χ3v) is 3.62. The van der Waals surface area contributed by atoms with E-state index in [0.717, 1.165) is 0 Å². The quantitative estimate of drug-likeness (QED) is 0.618. The fourth-order valence-electron chi connectivity index (χ4n) is 1.90. The van der Waals surface area contributed by atoms with E-state index in [2.05, 4.69) is 5.32 Å². The van der Waals surface area contributed by atoms with Crippen LogP contribution in [0.25, 0.3) is 0 Å². The van der Waals surface area contributed by atoms with Gasteiger partial charge in [0, 0.05) is 17.2 Å². The Bertz CT molecular complexity index is 695. The van der Waals surface area contributed by atoms with Crippen LogP contribution in [-0.2, 0) is 0 Å². The minimum absolute atomic E-state index is 0.0701. The van der Waals surface area contributed by atoms with Crippen LogP contribution in [0.4, 0.5) is 15.8 Å². The number of halogens is 3. The van der Waals surface area contributed by atoms with Crippen molar-refractivity contribution < 1.29 is 9.31 Å². The molecule has 0 fully saturated rings. The molecule has 0 bridgehead atoms. The molecule has 110 valence electrons. The molecule has 21 heavy (non-hydrogen) atoms. The second-order valence-electron chi connectivity index (χ2n) is 4.45. The molecule has 0 aromatic heterocycles. The summed E-state index contributed by atoms with van der Waals surface area (Å²) in [6.07, 6.45) is 0. The molecule has 1 N–H and O–H groups in total. The van der Waals surface area contributed by atoms with Crippen LogP contribution in [0.15, 0.2) is 36.4 Å². The molecule has 0 aliphatic heterocycles. The predicted molar refractivity (Wildman–Crippen MR) is 81.6 cm³/mol. The van der Waals surface area contributed by atoms with Crippen molar-refractivity contribution in [3.05, 3.63) is 67.9 Å². The van der Waals surface area contributed by atoms with Crippen LogP contribution in [0, 0.1) is 15.9 Å². The maximum atomic E-state index is 13.0. The predicted octanol–water partition coefficient (Wildman–Crippen LogP) is 5.21. The molecule has 2 rings (SSSR count). The number of nitrogens with zero attached hydrogens (tertiary/aromatic N) is 1. The number of nitro benzene ring substituents is 1. The molecule has 1 atom stereocenters. The van der Waals surface area contributed by atoms with E-state index in [1.807, 2.05) is 0 Å². The number of nitrogens with one attached hydrogen (secondary N) is 1. The Hall–Kier alpha value is -1.85. The van der Waals surface area contributed by atoms with Gasteiger partial charge in [-0.2, -0.15) is 0 Å². The van der Waals surface area contributed by atoms with Crippen LogP contribution in [0.3, 0.4) is 0 Å². The Morgan fingerprint density at radius 1 is 1.19 bits per heavy atom. The van der Waals surface area contributed by atoms with E-state index in [-0.39, 0.29) is 16.8 Å². The summed E-state index contributed by atoms with van der Waals surface area (Å²) in [6, 6.07) is 7.89. The van der Waals surface area contributed by atoms with Gasteiger partial charge in [0.1, 0.15) is 5.82 Å². The maximum Gasteiger partial charge on any atom is 0.271 e. The lowest BCUT2D eigenvalue weighted by molar-refractivity contribution is -0.384. The summed E-state index contributed by atoms with van der Waals surface area (Å²) in [7, 11) is 0. The van der Waals surface area contributed by atoms with Crippen LogP contribution in [0.1, 0.15) is 18.5 Å². The lowest BCUT2D eigenvalue weighted by Crippen LogP contribution is -2.08. The highest BCUT2D eigenvalue weighted by atomic mass is 35.5. The first kappa shape index (κ1) is 15.5. The zero-order chi connectivity index (χ0) is 15.6. The molecular formula is C14H11Cl2FN2O2. The smallest absolute Gasteiger partial charge is 0.271 e. The fraction of sp³-hybridized carbons (Fsp3) is 0.143. The van der Waals surface area contributed by atoms with Crippen LogP contribution >= 0.6 is 23.2 Å². The summed E-state index contributed by atoms with van der Waals surface area (Å²) in [5.41, 5.74) is 1.01. The van der Waals surface area contributed by atoms with Crippen molar-refractivity contribution in [1.29, 1.82) is 0 Å². The fourth-order valence-corrected chi connectivity index (χ4v) is 2.40. The summed E-state index contributed by atoms with van der Waals surface area (Å²) in [6.45, 7) is 1.80. The van der Waals surface area contributed by atoms with E-state index < -0.39 is 10.7 Å². The molecule has 0 spiro atoms. The summed E-state index contributed by atoms with van der Waals surface area (Å²) in [4.78, 5) is 10.3. The molecule has 1 unspecified atom stereocenters. The summed E-state index contributed by atoms with van der Waals surface area (Å²) in [5.74, 6) is -0.427. The van der Waals surface area contributed by atoms with Crippen molar-refractivity contribution in [3.8, 4) is 0 Å². The summed E-state index contributed by atoms with van der Waals surface area (Å²) < 4.78 is 13.0. The lowest BCUT2D eigenvalue weighted by Gasteiger charge is -2.18. The topological polar surface area (TPSA) is 55.2 Å². The van der Waals surface area contributed by atoms with E-state index in [4.69, 9.17) is 23.2 Å². The second kappa shape index (κ2) is 6.28. The second-order valence-corrected chi connectivity index (χ2v) is 5.27. The highest BCUT2D eigenvalue weighted by molar-refractivity contribution is 6.33.